The third kappa shape index (κ3) is 5.48. The maximum absolute atomic E-state index is 13.1. The molecule has 1 aliphatic heterocycles. The Morgan fingerprint density at radius 1 is 0.879 bits per heavy atom. The van der Waals surface area contributed by atoms with Gasteiger partial charge in [-0.25, -0.2) is 0 Å². The largest absolute Gasteiger partial charge is 0.455 e. The second kappa shape index (κ2) is 10.3. The molecular formula is C28H35N3O2. The quantitative estimate of drug-likeness (QED) is 0.497. The van der Waals surface area contributed by atoms with Crippen molar-refractivity contribution in [1.82, 2.24) is 9.80 Å². The number of carbonyl (C=O) groups excluding carboxylic acids is 1. The first-order chi connectivity index (χ1) is 15.9. The standard InChI is InChI=1S/C28H35N3O2/c1-21(2)31(19-24-11-7-5-9-22(24)3)20-25-13-14-27(33-25)28(32)30-17-15-29(16-18-30)26-12-8-6-10-23(26)4/h5-14,21H,15-20H2,1-4H3. The van der Waals surface area contributed by atoms with Gasteiger partial charge in [0, 0.05) is 44.5 Å². The molecule has 0 atom stereocenters. The van der Waals surface area contributed by atoms with Crippen molar-refractivity contribution in [1.29, 1.82) is 0 Å². The highest BCUT2D eigenvalue weighted by molar-refractivity contribution is 5.91. The molecule has 0 aliphatic carbocycles. The smallest absolute Gasteiger partial charge is 0.289 e. The predicted molar refractivity (Wildman–Crippen MR) is 134 cm³/mol. The Hall–Kier alpha value is -3.05. The minimum Gasteiger partial charge on any atom is -0.455 e. The maximum Gasteiger partial charge on any atom is 0.289 e. The highest BCUT2D eigenvalue weighted by atomic mass is 16.4. The fourth-order valence-electron chi connectivity index (χ4n) is 4.43. The van der Waals surface area contributed by atoms with E-state index in [1.54, 1.807) is 0 Å². The number of hydrogen-bond acceptors (Lipinski definition) is 4. The van der Waals surface area contributed by atoms with Crippen LogP contribution in [0.25, 0.3) is 0 Å². The van der Waals surface area contributed by atoms with Gasteiger partial charge in [-0.3, -0.25) is 9.69 Å². The van der Waals surface area contributed by atoms with Crippen molar-refractivity contribution in [3.8, 4) is 0 Å². The molecule has 0 spiro atoms. The molecule has 0 saturated carbocycles. The highest BCUT2D eigenvalue weighted by Crippen LogP contribution is 2.22. The van der Waals surface area contributed by atoms with Gasteiger partial charge in [-0.1, -0.05) is 42.5 Å². The zero-order valence-electron chi connectivity index (χ0n) is 20.3. The lowest BCUT2D eigenvalue weighted by Gasteiger charge is -2.36. The van der Waals surface area contributed by atoms with Crippen LogP contribution in [-0.4, -0.2) is 47.9 Å². The van der Waals surface area contributed by atoms with Crippen molar-refractivity contribution in [2.75, 3.05) is 31.1 Å². The molecule has 1 amide bonds. The van der Waals surface area contributed by atoms with Crippen molar-refractivity contribution in [3.63, 3.8) is 0 Å². The number of amides is 1. The molecule has 5 heteroatoms. The van der Waals surface area contributed by atoms with Crippen molar-refractivity contribution in [2.24, 2.45) is 0 Å². The van der Waals surface area contributed by atoms with Crippen LogP contribution in [0.1, 0.15) is 46.9 Å². The molecule has 1 aromatic heterocycles. The molecule has 0 bridgehead atoms. The minimum absolute atomic E-state index is 0.0133. The van der Waals surface area contributed by atoms with Crippen molar-refractivity contribution in [2.45, 2.75) is 46.8 Å². The van der Waals surface area contributed by atoms with E-state index >= 15 is 0 Å². The Morgan fingerprint density at radius 2 is 1.55 bits per heavy atom. The summed E-state index contributed by atoms with van der Waals surface area (Å²) in [7, 11) is 0. The number of piperazine rings is 1. The van der Waals surface area contributed by atoms with E-state index in [0.717, 1.165) is 25.4 Å². The van der Waals surface area contributed by atoms with Gasteiger partial charge < -0.3 is 14.2 Å². The average Bonchev–Trinajstić information content (AvgIpc) is 3.28. The first-order valence-corrected chi connectivity index (χ1v) is 11.9. The first kappa shape index (κ1) is 23.1. The molecule has 174 valence electrons. The van der Waals surface area contributed by atoms with Gasteiger partial charge >= 0.3 is 0 Å². The number of carbonyl (C=O) groups is 1. The van der Waals surface area contributed by atoms with Gasteiger partial charge in [0.25, 0.3) is 5.91 Å². The van der Waals surface area contributed by atoms with Gasteiger partial charge in [-0.2, -0.15) is 0 Å². The van der Waals surface area contributed by atoms with Crippen molar-refractivity contribution < 1.29 is 9.21 Å². The normalized spacial score (nSPS) is 14.4. The lowest BCUT2D eigenvalue weighted by molar-refractivity contribution is 0.0709. The second-order valence-electron chi connectivity index (χ2n) is 9.26. The van der Waals surface area contributed by atoms with Crippen LogP contribution in [0.4, 0.5) is 5.69 Å². The van der Waals surface area contributed by atoms with Gasteiger partial charge in [-0.05, 0) is 62.6 Å². The molecule has 0 unspecified atom stereocenters. The summed E-state index contributed by atoms with van der Waals surface area (Å²) in [5.41, 5.74) is 5.14. The van der Waals surface area contributed by atoms with E-state index in [0.29, 0.717) is 31.4 Å². The maximum atomic E-state index is 13.1. The van der Waals surface area contributed by atoms with E-state index < -0.39 is 0 Å². The van der Waals surface area contributed by atoms with Gasteiger partial charge in [-0.15, -0.1) is 0 Å². The number of furan rings is 1. The fraction of sp³-hybridized carbons (Fsp3) is 0.393. The van der Waals surface area contributed by atoms with E-state index in [1.807, 2.05) is 17.0 Å². The van der Waals surface area contributed by atoms with Crippen LogP contribution >= 0.6 is 0 Å². The van der Waals surface area contributed by atoms with Crippen molar-refractivity contribution in [3.05, 3.63) is 88.9 Å². The third-order valence-electron chi connectivity index (χ3n) is 6.62. The fourth-order valence-corrected chi connectivity index (χ4v) is 4.43. The summed E-state index contributed by atoms with van der Waals surface area (Å²) < 4.78 is 6.03. The van der Waals surface area contributed by atoms with E-state index in [4.69, 9.17) is 4.42 Å². The molecule has 1 aliphatic rings. The molecule has 0 N–H and O–H groups in total. The Morgan fingerprint density at radius 3 is 2.21 bits per heavy atom. The molecule has 3 aromatic rings. The lowest BCUT2D eigenvalue weighted by Crippen LogP contribution is -2.48. The van der Waals surface area contributed by atoms with Crippen molar-refractivity contribution >= 4 is 11.6 Å². The van der Waals surface area contributed by atoms with Gasteiger partial charge in [0.05, 0.1) is 6.54 Å². The molecule has 1 saturated heterocycles. The van der Waals surface area contributed by atoms with Crippen LogP contribution in [0.15, 0.2) is 65.1 Å². The van der Waals surface area contributed by atoms with Gasteiger partial charge in [0.15, 0.2) is 5.76 Å². The summed E-state index contributed by atoms with van der Waals surface area (Å²) in [6.45, 7) is 13.3. The van der Waals surface area contributed by atoms with Crippen LogP contribution in [0.3, 0.4) is 0 Å². The van der Waals surface area contributed by atoms with Gasteiger partial charge in [0.2, 0.25) is 0 Å². The Bertz CT molecular complexity index is 1080. The topological polar surface area (TPSA) is 39.9 Å². The summed E-state index contributed by atoms with van der Waals surface area (Å²) in [6, 6.07) is 21.1. The summed E-state index contributed by atoms with van der Waals surface area (Å²) in [4.78, 5) is 19.7. The Labute approximate surface area is 197 Å². The molecule has 33 heavy (non-hydrogen) atoms. The molecule has 2 heterocycles. The zero-order valence-corrected chi connectivity index (χ0v) is 20.3. The van der Waals surface area contributed by atoms with Crippen LogP contribution in [0.2, 0.25) is 0 Å². The molecule has 4 rings (SSSR count). The number of benzene rings is 2. The van der Waals surface area contributed by atoms with E-state index in [1.165, 1.54) is 22.4 Å². The van der Waals surface area contributed by atoms with Crippen LogP contribution in [0, 0.1) is 13.8 Å². The highest BCUT2D eigenvalue weighted by Gasteiger charge is 2.25. The number of aryl methyl sites for hydroxylation is 2. The summed E-state index contributed by atoms with van der Waals surface area (Å²) >= 11 is 0. The number of anilines is 1. The Kier molecular flexibility index (Phi) is 7.19. The zero-order chi connectivity index (χ0) is 23.4. The summed E-state index contributed by atoms with van der Waals surface area (Å²) in [5.74, 6) is 1.26. The number of rotatable bonds is 7. The van der Waals surface area contributed by atoms with E-state index in [-0.39, 0.29) is 5.91 Å². The molecule has 2 aromatic carbocycles. The first-order valence-electron chi connectivity index (χ1n) is 11.9. The number of hydrogen-bond donors (Lipinski definition) is 0. The third-order valence-corrected chi connectivity index (χ3v) is 6.62. The lowest BCUT2D eigenvalue weighted by atomic mass is 10.1. The second-order valence-corrected chi connectivity index (χ2v) is 9.26. The SMILES string of the molecule is Cc1ccccc1CN(Cc1ccc(C(=O)N2CCN(c3ccccc3C)CC2)o1)C(C)C. The molecule has 5 nitrogen and oxygen atoms in total. The van der Waals surface area contributed by atoms with Crippen LogP contribution in [0.5, 0.6) is 0 Å². The molecular weight excluding hydrogens is 410 g/mol. The predicted octanol–water partition coefficient (Wildman–Crippen LogP) is 5.27. The minimum atomic E-state index is -0.0133. The number of nitrogens with zero attached hydrogens (tertiary/aromatic N) is 3. The van der Waals surface area contributed by atoms with E-state index in [9.17, 15) is 4.79 Å². The van der Waals surface area contributed by atoms with E-state index in [2.05, 4.69) is 86.0 Å². The average molecular weight is 446 g/mol. The van der Waals surface area contributed by atoms with Crippen LogP contribution in [-0.2, 0) is 13.1 Å². The van der Waals surface area contributed by atoms with Crippen LogP contribution < -0.4 is 4.90 Å². The molecule has 0 radical (unpaired) electrons. The summed E-state index contributed by atoms with van der Waals surface area (Å²) in [5, 5.41) is 0. The Balaban J connectivity index is 1.37. The monoisotopic (exact) mass is 445 g/mol. The van der Waals surface area contributed by atoms with Gasteiger partial charge in [0.1, 0.15) is 5.76 Å². The number of para-hydroxylation sites is 1. The molecule has 1 fully saturated rings. The summed E-state index contributed by atoms with van der Waals surface area (Å²) in [6.07, 6.45) is 0.